The maximum absolute atomic E-state index is 10.6. The Bertz CT molecular complexity index is 141. The topological polar surface area (TPSA) is 52.6 Å². The quantitative estimate of drug-likeness (QED) is 0.407. The summed E-state index contributed by atoms with van der Waals surface area (Å²) < 4.78 is 8.82. The lowest BCUT2D eigenvalue weighted by Crippen LogP contribution is -2.31. The predicted octanol–water partition coefficient (Wildman–Crippen LogP) is -0.237. The van der Waals surface area contributed by atoms with Gasteiger partial charge in [-0.15, -0.1) is 0 Å². The summed E-state index contributed by atoms with van der Waals surface area (Å²) in [4.78, 5) is 21.2. The molecule has 0 saturated carbocycles. The lowest BCUT2D eigenvalue weighted by molar-refractivity contribution is -0.156. The first kappa shape index (κ1) is 9.10. The van der Waals surface area contributed by atoms with E-state index in [0.717, 1.165) is 0 Å². The molecule has 0 aromatic rings. The third-order valence-electron chi connectivity index (χ3n) is 1.02. The van der Waals surface area contributed by atoms with Crippen LogP contribution in [0.4, 0.5) is 0 Å². The number of hydrogen-bond acceptors (Lipinski definition) is 4. The van der Waals surface area contributed by atoms with E-state index in [4.69, 9.17) is 0 Å². The zero-order chi connectivity index (χ0) is 8.15. The Labute approximate surface area is 59.1 Å². The second kappa shape index (κ2) is 4.00. The van der Waals surface area contributed by atoms with Crippen molar-refractivity contribution in [1.82, 2.24) is 0 Å². The first-order chi connectivity index (χ1) is 4.63. The van der Waals surface area contributed by atoms with Crippen molar-refractivity contribution in [2.24, 2.45) is 0 Å². The minimum Gasteiger partial charge on any atom is -0.467 e. The molecule has 0 saturated heterocycles. The van der Waals surface area contributed by atoms with Crippen LogP contribution in [0.1, 0.15) is 6.92 Å². The van der Waals surface area contributed by atoms with Crippen LogP contribution in [0.5, 0.6) is 0 Å². The van der Waals surface area contributed by atoms with Crippen molar-refractivity contribution >= 4 is 11.8 Å². The van der Waals surface area contributed by atoms with E-state index in [2.05, 4.69) is 9.47 Å². The number of carbonyl (C=O) groups is 2. The van der Waals surface area contributed by atoms with Gasteiger partial charge in [0.1, 0.15) is 0 Å². The summed E-state index contributed by atoms with van der Waals surface area (Å²) in [6, 6.07) is 0. The number of ketones is 1. The molecule has 0 aliphatic rings. The average Bonchev–Trinajstić information content (AvgIpc) is 1.88. The summed E-state index contributed by atoms with van der Waals surface area (Å²) in [5.74, 6) is -1.01. The Balaban J connectivity index is 4.06. The number of carbonyl (C=O) groups excluding carboxylic acids is 2. The fourth-order valence-electron chi connectivity index (χ4n) is 0.535. The van der Waals surface area contributed by atoms with E-state index in [1.165, 1.54) is 21.1 Å². The molecule has 4 nitrogen and oxygen atoms in total. The summed E-state index contributed by atoms with van der Waals surface area (Å²) in [6.45, 7) is 1.27. The zero-order valence-corrected chi connectivity index (χ0v) is 6.21. The fraction of sp³-hybridized carbons (Fsp3) is 0.667. The second-order valence-electron chi connectivity index (χ2n) is 1.75. The highest BCUT2D eigenvalue weighted by Crippen LogP contribution is 1.93. The minimum absolute atomic E-state index is 0.352. The highest BCUT2D eigenvalue weighted by Gasteiger charge is 2.22. The molecule has 0 amide bonds. The van der Waals surface area contributed by atoms with E-state index in [1.807, 2.05) is 0 Å². The molecule has 1 atom stereocenters. The molecular weight excluding hydrogens is 136 g/mol. The van der Waals surface area contributed by atoms with Crippen molar-refractivity contribution in [1.29, 1.82) is 0 Å². The maximum atomic E-state index is 10.6. The van der Waals surface area contributed by atoms with Gasteiger partial charge in [-0.05, 0) is 6.92 Å². The molecule has 1 unspecified atom stereocenters. The van der Waals surface area contributed by atoms with E-state index in [-0.39, 0.29) is 5.78 Å². The van der Waals surface area contributed by atoms with Crippen LogP contribution in [0.3, 0.4) is 0 Å². The highest BCUT2D eigenvalue weighted by molar-refractivity contribution is 6.00. The molecular formula is C6H10O4. The van der Waals surface area contributed by atoms with Crippen molar-refractivity contribution in [2.45, 2.75) is 13.0 Å². The number of hydrogen-bond donors (Lipinski definition) is 0. The van der Waals surface area contributed by atoms with Crippen molar-refractivity contribution in [2.75, 3.05) is 14.2 Å². The van der Waals surface area contributed by atoms with Gasteiger partial charge in [-0.1, -0.05) is 0 Å². The smallest absolute Gasteiger partial charge is 0.342 e. The molecule has 58 valence electrons. The van der Waals surface area contributed by atoms with Gasteiger partial charge in [0, 0.05) is 7.11 Å². The average molecular weight is 146 g/mol. The monoisotopic (exact) mass is 146 g/mol. The van der Waals surface area contributed by atoms with Gasteiger partial charge in [0.05, 0.1) is 7.11 Å². The molecule has 0 aromatic heterocycles. The lowest BCUT2D eigenvalue weighted by atomic mass is 10.2. The van der Waals surface area contributed by atoms with E-state index < -0.39 is 12.1 Å². The number of methoxy groups -OCH3 is 2. The molecule has 0 bridgehead atoms. The van der Waals surface area contributed by atoms with Crippen molar-refractivity contribution in [3.8, 4) is 0 Å². The standard InChI is InChI=1S/C6H10O4/c1-4(7)5(9-2)6(8)10-3/h5H,1-3H3. The molecule has 0 N–H and O–H groups in total. The van der Waals surface area contributed by atoms with E-state index >= 15 is 0 Å². The van der Waals surface area contributed by atoms with E-state index in [1.54, 1.807) is 0 Å². The van der Waals surface area contributed by atoms with Crippen molar-refractivity contribution in [3.63, 3.8) is 0 Å². The minimum atomic E-state index is -1.06. The zero-order valence-electron chi connectivity index (χ0n) is 6.21. The van der Waals surface area contributed by atoms with Gasteiger partial charge < -0.3 is 9.47 Å². The summed E-state index contributed by atoms with van der Waals surface area (Å²) in [6.07, 6.45) is -1.06. The summed E-state index contributed by atoms with van der Waals surface area (Å²) in [5.41, 5.74) is 0. The third-order valence-corrected chi connectivity index (χ3v) is 1.02. The Morgan fingerprint density at radius 1 is 1.30 bits per heavy atom. The first-order valence-electron chi connectivity index (χ1n) is 2.74. The Morgan fingerprint density at radius 2 is 1.80 bits per heavy atom. The van der Waals surface area contributed by atoms with Gasteiger partial charge in [-0.3, -0.25) is 4.79 Å². The van der Waals surface area contributed by atoms with E-state index in [9.17, 15) is 9.59 Å². The van der Waals surface area contributed by atoms with Crippen LogP contribution in [0.15, 0.2) is 0 Å². The summed E-state index contributed by atoms with van der Waals surface area (Å²) >= 11 is 0. The Kier molecular flexibility index (Phi) is 3.64. The summed E-state index contributed by atoms with van der Waals surface area (Å²) in [5, 5.41) is 0. The van der Waals surface area contributed by atoms with Crippen LogP contribution in [0.2, 0.25) is 0 Å². The molecule has 0 aliphatic carbocycles. The summed E-state index contributed by atoms with van der Waals surface area (Å²) in [7, 11) is 2.49. The van der Waals surface area contributed by atoms with Gasteiger partial charge in [-0.25, -0.2) is 4.79 Å². The first-order valence-corrected chi connectivity index (χ1v) is 2.74. The Morgan fingerprint density at radius 3 is 1.90 bits per heavy atom. The van der Waals surface area contributed by atoms with Crippen LogP contribution >= 0.6 is 0 Å². The van der Waals surface area contributed by atoms with E-state index in [0.29, 0.717) is 0 Å². The van der Waals surface area contributed by atoms with Crippen LogP contribution in [0, 0.1) is 0 Å². The highest BCUT2D eigenvalue weighted by atomic mass is 16.6. The number of ether oxygens (including phenoxy) is 2. The molecule has 0 aliphatic heterocycles. The fourth-order valence-corrected chi connectivity index (χ4v) is 0.535. The number of rotatable bonds is 3. The van der Waals surface area contributed by atoms with Gasteiger partial charge in [0.15, 0.2) is 5.78 Å². The molecule has 0 aromatic carbocycles. The van der Waals surface area contributed by atoms with Crippen LogP contribution in [0.25, 0.3) is 0 Å². The molecule has 4 heteroatoms. The SMILES string of the molecule is COC(=O)C(OC)C(C)=O. The van der Waals surface area contributed by atoms with Crippen LogP contribution in [-0.4, -0.2) is 32.1 Å². The van der Waals surface area contributed by atoms with Gasteiger partial charge in [0.2, 0.25) is 6.10 Å². The molecule has 0 radical (unpaired) electrons. The Hall–Kier alpha value is -0.900. The maximum Gasteiger partial charge on any atom is 0.342 e. The van der Waals surface area contributed by atoms with Gasteiger partial charge >= 0.3 is 5.97 Å². The molecule has 0 heterocycles. The van der Waals surface area contributed by atoms with Crippen molar-refractivity contribution in [3.05, 3.63) is 0 Å². The lowest BCUT2D eigenvalue weighted by Gasteiger charge is -2.07. The van der Waals surface area contributed by atoms with Gasteiger partial charge in [-0.2, -0.15) is 0 Å². The third kappa shape index (κ3) is 2.14. The molecule has 10 heavy (non-hydrogen) atoms. The normalized spacial score (nSPS) is 12.3. The van der Waals surface area contributed by atoms with Crippen LogP contribution < -0.4 is 0 Å². The predicted molar refractivity (Wildman–Crippen MR) is 33.5 cm³/mol. The molecule has 0 rings (SSSR count). The van der Waals surface area contributed by atoms with Gasteiger partial charge in [0.25, 0.3) is 0 Å². The molecule has 0 fully saturated rings. The largest absolute Gasteiger partial charge is 0.467 e. The second-order valence-corrected chi connectivity index (χ2v) is 1.75. The van der Waals surface area contributed by atoms with Crippen molar-refractivity contribution < 1.29 is 19.1 Å². The number of esters is 1. The molecule has 0 spiro atoms. The number of Topliss-reactive ketones (excluding diaryl/α,β-unsaturated/α-hetero) is 1. The van der Waals surface area contributed by atoms with Crippen LogP contribution in [-0.2, 0) is 19.1 Å².